The van der Waals surface area contributed by atoms with E-state index in [2.05, 4.69) is 24.5 Å². The summed E-state index contributed by atoms with van der Waals surface area (Å²) in [7, 11) is 0. The number of nitrogens with one attached hydrogen (secondary N) is 2. The van der Waals surface area contributed by atoms with E-state index in [1.807, 2.05) is 18.2 Å². The third-order valence-corrected chi connectivity index (χ3v) is 3.10. The molecule has 20 heavy (non-hydrogen) atoms. The largest absolute Gasteiger partial charge is 0.493 e. The third kappa shape index (κ3) is 5.02. The summed E-state index contributed by atoms with van der Waals surface area (Å²) < 4.78 is 5.63. The molecule has 0 aliphatic carbocycles. The van der Waals surface area contributed by atoms with Gasteiger partial charge in [-0.25, -0.2) is 0 Å². The summed E-state index contributed by atoms with van der Waals surface area (Å²) in [6.45, 7) is 7.60. The fourth-order valence-corrected chi connectivity index (χ4v) is 1.82. The van der Waals surface area contributed by atoms with E-state index in [1.54, 1.807) is 6.07 Å². The Labute approximate surface area is 126 Å². The van der Waals surface area contributed by atoms with Crippen LogP contribution in [0.5, 0.6) is 5.75 Å². The van der Waals surface area contributed by atoms with Crippen molar-refractivity contribution in [3.8, 4) is 5.75 Å². The van der Waals surface area contributed by atoms with Crippen molar-refractivity contribution in [1.82, 2.24) is 10.6 Å². The average Bonchev–Trinajstić information content (AvgIpc) is 2.34. The monoisotopic (exact) mass is 298 g/mol. The van der Waals surface area contributed by atoms with Crippen molar-refractivity contribution < 1.29 is 9.53 Å². The number of hydrogen-bond acceptors (Lipinski definition) is 3. The van der Waals surface area contributed by atoms with Gasteiger partial charge in [0.1, 0.15) is 5.75 Å². The van der Waals surface area contributed by atoms with Gasteiger partial charge in [0.25, 0.3) is 5.91 Å². The van der Waals surface area contributed by atoms with Crippen molar-refractivity contribution in [3.05, 3.63) is 29.8 Å². The third-order valence-electron chi connectivity index (χ3n) is 3.10. The molecule has 0 bridgehead atoms. The van der Waals surface area contributed by atoms with Crippen LogP contribution in [-0.4, -0.2) is 32.1 Å². The number of rotatable bonds is 6. The second-order valence-corrected chi connectivity index (χ2v) is 5.47. The van der Waals surface area contributed by atoms with Crippen molar-refractivity contribution in [2.24, 2.45) is 11.8 Å². The Balaban J connectivity index is 0.00000200. The maximum absolute atomic E-state index is 12.0. The minimum Gasteiger partial charge on any atom is -0.493 e. The van der Waals surface area contributed by atoms with Crippen molar-refractivity contribution in [3.63, 3.8) is 0 Å². The Bertz CT molecular complexity index is 434. The summed E-state index contributed by atoms with van der Waals surface area (Å²) in [6, 6.07) is 7.36. The first kappa shape index (κ1) is 16.8. The van der Waals surface area contributed by atoms with Crippen LogP contribution in [0.3, 0.4) is 0 Å². The molecule has 0 unspecified atom stereocenters. The van der Waals surface area contributed by atoms with E-state index in [9.17, 15) is 4.79 Å². The first-order valence-corrected chi connectivity index (χ1v) is 6.87. The first-order chi connectivity index (χ1) is 9.15. The molecule has 1 fully saturated rings. The molecule has 0 radical (unpaired) electrons. The molecule has 0 spiro atoms. The molecule has 1 aliphatic heterocycles. The second kappa shape index (κ2) is 8.12. The number of carbonyl (C=O) groups excluding carboxylic acids is 1. The Morgan fingerprint density at radius 1 is 1.45 bits per heavy atom. The molecule has 2 rings (SSSR count). The minimum absolute atomic E-state index is 0. The van der Waals surface area contributed by atoms with Gasteiger partial charge in [0, 0.05) is 31.1 Å². The van der Waals surface area contributed by atoms with Gasteiger partial charge < -0.3 is 15.4 Å². The maximum atomic E-state index is 12.0. The molecule has 0 atom stereocenters. The van der Waals surface area contributed by atoms with Crippen LogP contribution in [0.1, 0.15) is 24.2 Å². The lowest BCUT2D eigenvalue weighted by Crippen LogP contribution is -2.48. The number of hydrogen-bond donors (Lipinski definition) is 2. The molecular formula is C15H23ClN2O2. The van der Waals surface area contributed by atoms with Gasteiger partial charge in [-0.2, -0.15) is 0 Å². The van der Waals surface area contributed by atoms with Crippen molar-refractivity contribution in [2.45, 2.75) is 13.8 Å². The Morgan fingerprint density at radius 2 is 2.20 bits per heavy atom. The predicted molar refractivity (Wildman–Crippen MR) is 82.7 cm³/mol. The fourth-order valence-electron chi connectivity index (χ4n) is 1.82. The van der Waals surface area contributed by atoms with Crippen LogP contribution in [0.25, 0.3) is 0 Å². The highest BCUT2D eigenvalue weighted by molar-refractivity contribution is 5.94. The Morgan fingerprint density at radius 3 is 2.80 bits per heavy atom. The summed E-state index contributed by atoms with van der Waals surface area (Å²) in [4.78, 5) is 12.0. The molecule has 1 heterocycles. The number of ether oxygens (including phenoxy) is 1. The van der Waals surface area contributed by atoms with E-state index in [-0.39, 0.29) is 18.3 Å². The molecule has 1 aromatic carbocycles. The lowest BCUT2D eigenvalue weighted by molar-refractivity contribution is 0.0941. The maximum Gasteiger partial charge on any atom is 0.251 e. The lowest BCUT2D eigenvalue weighted by Gasteiger charge is -2.27. The van der Waals surface area contributed by atoms with Crippen LogP contribution in [-0.2, 0) is 0 Å². The molecule has 1 amide bonds. The number of halogens is 1. The van der Waals surface area contributed by atoms with Gasteiger partial charge in [-0.3, -0.25) is 4.79 Å². The zero-order chi connectivity index (χ0) is 13.7. The smallest absolute Gasteiger partial charge is 0.251 e. The summed E-state index contributed by atoms with van der Waals surface area (Å²) >= 11 is 0. The van der Waals surface area contributed by atoms with Gasteiger partial charge in [-0.05, 0) is 24.1 Å². The van der Waals surface area contributed by atoms with Gasteiger partial charge >= 0.3 is 0 Å². The van der Waals surface area contributed by atoms with E-state index >= 15 is 0 Å². The Kier molecular flexibility index (Phi) is 6.82. The van der Waals surface area contributed by atoms with E-state index in [0.717, 1.165) is 25.4 Å². The number of carbonyl (C=O) groups is 1. The number of amides is 1. The van der Waals surface area contributed by atoms with Crippen LogP contribution in [0.4, 0.5) is 0 Å². The van der Waals surface area contributed by atoms with Crippen molar-refractivity contribution >= 4 is 18.3 Å². The summed E-state index contributed by atoms with van der Waals surface area (Å²) in [6.07, 6.45) is 0. The predicted octanol–water partition coefficient (Wildman–Crippen LogP) is 2.09. The summed E-state index contributed by atoms with van der Waals surface area (Å²) in [5, 5.41) is 6.15. The molecule has 5 heteroatoms. The highest BCUT2D eigenvalue weighted by atomic mass is 35.5. The first-order valence-electron chi connectivity index (χ1n) is 6.87. The van der Waals surface area contributed by atoms with Crippen LogP contribution >= 0.6 is 12.4 Å². The quantitative estimate of drug-likeness (QED) is 0.845. The highest BCUT2D eigenvalue weighted by Gasteiger charge is 2.17. The normalized spacial score (nSPS) is 14.3. The molecule has 1 saturated heterocycles. The summed E-state index contributed by atoms with van der Waals surface area (Å²) in [5.41, 5.74) is 0.661. The highest BCUT2D eigenvalue weighted by Crippen LogP contribution is 2.14. The van der Waals surface area contributed by atoms with Gasteiger partial charge in [-0.1, -0.05) is 19.9 Å². The van der Waals surface area contributed by atoms with Crippen molar-refractivity contribution in [2.75, 3.05) is 26.2 Å². The van der Waals surface area contributed by atoms with Gasteiger partial charge in [0.05, 0.1) is 6.61 Å². The fraction of sp³-hybridized carbons (Fsp3) is 0.533. The Hall–Kier alpha value is -1.26. The van der Waals surface area contributed by atoms with Gasteiger partial charge in [-0.15, -0.1) is 12.4 Å². The van der Waals surface area contributed by atoms with E-state index in [4.69, 9.17) is 4.74 Å². The lowest BCUT2D eigenvalue weighted by atomic mass is 10.0. The molecule has 1 aromatic rings. The molecule has 4 nitrogen and oxygen atoms in total. The SMILES string of the molecule is CC(C)COc1cccc(C(=O)NCC2CNC2)c1.Cl. The van der Waals surface area contributed by atoms with E-state index < -0.39 is 0 Å². The average molecular weight is 299 g/mol. The molecule has 0 saturated carbocycles. The summed E-state index contributed by atoms with van der Waals surface area (Å²) in [5.74, 6) is 1.78. The minimum atomic E-state index is -0.0260. The topological polar surface area (TPSA) is 50.4 Å². The van der Waals surface area contributed by atoms with Crippen LogP contribution in [0, 0.1) is 11.8 Å². The van der Waals surface area contributed by atoms with Crippen LogP contribution in [0.2, 0.25) is 0 Å². The van der Waals surface area contributed by atoms with Crippen molar-refractivity contribution in [1.29, 1.82) is 0 Å². The zero-order valence-electron chi connectivity index (χ0n) is 12.0. The molecule has 112 valence electrons. The molecule has 1 aliphatic rings. The van der Waals surface area contributed by atoms with E-state index in [1.165, 1.54) is 0 Å². The molecule has 2 N–H and O–H groups in total. The number of benzene rings is 1. The second-order valence-electron chi connectivity index (χ2n) is 5.47. The van der Waals surface area contributed by atoms with Crippen LogP contribution in [0.15, 0.2) is 24.3 Å². The molecular weight excluding hydrogens is 276 g/mol. The van der Waals surface area contributed by atoms with Crippen LogP contribution < -0.4 is 15.4 Å². The van der Waals surface area contributed by atoms with E-state index in [0.29, 0.717) is 24.0 Å². The molecule has 0 aromatic heterocycles. The van der Waals surface area contributed by atoms with Gasteiger partial charge in [0.15, 0.2) is 0 Å². The standard InChI is InChI=1S/C15H22N2O2.ClH/c1-11(2)10-19-14-5-3-4-13(6-14)15(18)17-9-12-7-16-8-12;/h3-6,11-12,16H,7-10H2,1-2H3,(H,17,18);1H. The zero-order valence-corrected chi connectivity index (χ0v) is 12.8. The van der Waals surface area contributed by atoms with Gasteiger partial charge in [0.2, 0.25) is 0 Å².